The number of rotatable bonds is 3. The van der Waals surface area contributed by atoms with Crippen LogP contribution in [0.1, 0.15) is 5.56 Å². The van der Waals surface area contributed by atoms with Crippen LogP contribution in [-0.4, -0.2) is 24.0 Å². The summed E-state index contributed by atoms with van der Waals surface area (Å²) in [6.07, 6.45) is 1.76. The van der Waals surface area contributed by atoms with Crippen LogP contribution in [0.25, 0.3) is 16.3 Å². The number of amides is 1. The SMILES string of the molecule is COc1ccc(NC2=NC(=Cc3ccc4ncsc4c3)C(=O)N2)cc1. The zero-order chi connectivity index (χ0) is 17.2. The Bertz CT molecular complexity index is 1010. The second-order valence-electron chi connectivity index (χ2n) is 5.38. The lowest BCUT2D eigenvalue weighted by atomic mass is 10.2. The van der Waals surface area contributed by atoms with Crippen LogP contribution in [0.3, 0.4) is 0 Å². The highest BCUT2D eigenvalue weighted by atomic mass is 32.1. The minimum atomic E-state index is -0.236. The Hall–Kier alpha value is -3.19. The fourth-order valence-electron chi connectivity index (χ4n) is 2.46. The van der Waals surface area contributed by atoms with Gasteiger partial charge in [-0.2, -0.15) is 0 Å². The lowest BCUT2D eigenvalue weighted by Crippen LogP contribution is -2.29. The summed E-state index contributed by atoms with van der Waals surface area (Å²) in [5, 5.41) is 5.80. The Morgan fingerprint density at radius 2 is 2.04 bits per heavy atom. The molecular weight excluding hydrogens is 336 g/mol. The average molecular weight is 350 g/mol. The number of fused-ring (bicyclic) bond motifs is 1. The summed E-state index contributed by atoms with van der Waals surface area (Å²) in [5.41, 5.74) is 4.84. The molecule has 2 heterocycles. The standard InChI is InChI=1S/C18H14N4O2S/c1-24-13-5-3-12(4-6-13)20-18-21-15(17(23)22-18)8-11-2-7-14-16(9-11)25-10-19-14/h2-10H,1H3,(H2,20,21,22,23). The van der Waals surface area contributed by atoms with Gasteiger partial charge < -0.3 is 10.1 Å². The van der Waals surface area contributed by atoms with Crippen LogP contribution in [0.2, 0.25) is 0 Å². The van der Waals surface area contributed by atoms with Crippen molar-refractivity contribution in [1.29, 1.82) is 0 Å². The van der Waals surface area contributed by atoms with Gasteiger partial charge in [0.05, 0.1) is 22.8 Å². The molecule has 2 aromatic carbocycles. The van der Waals surface area contributed by atoms with Crippen molar-refractivity contribution in [3.63, 3.8) is 0 Å². The molecule has 1 aliphatic heterocycles. The van der Waals surface area contributed by atoms with Gasteiger partial charge in [0.2, 0.25) is 5.96 Å². The number of aromatic nitrogens is 1. The molecule has 1 aromatic heterocycles. The normalized spacial score (nSPS) is 15.3. The number of anilines is 1. The number of nitrogens with one attached hydrogen (secondary N) is 2. The minimum Gasteiger partial charge on any atom is -0.497 e. The Kier molecular flexibility index (Phi) is 3.91. The molecule has 0 atom stereocenters. The van der Waals surface area contributed by atoms with Crippen molar-refractivity contribution in [3.05, 3.63) is 59.2 Å². The maximum atomic E-state index is 12.1. The van der Waals surface area contributed by atoms with Gasteiger partial charge in [-0.1, -0.05) is 6.07 Å². The van der Waals surface area contributed by atoms with E-state index in [0.717, 1.165) is 27.2 Å². The third-order valence-corrected chi connectivity index (χ3v) is 4.50. The molecule has 0 unspecified atom stereocenters. The van der Waals surface area contributed by atoms with E-state index >= 15 is 0 Å². The highest BCUT2D eigenvalue weighted by molar-refractivity contribution is 7.16. The molecule has 0 fully saturated rings. The number of methoxy groups -OCH3 is 1. The first-order valence-corrected chi connectivity index (χ1v) is 8.45. The second-order valence-corrected chi connectivity index (χ2v) is 6.26. The van der Waals surface area contributed by atoms with E-state index in [2.05, 4.69) is 20.6 Å². The van der Waals surface area contributed by atoms with Gasteiger partial charge in [-0.05, 0) is 48.0 Å². The van der Waals surface area contributed by atoms with Crippen LogP contribution >= 0.6 is 11.3 Å². The summed E-state index contributed by atoms with van der Waals surface area (Å²) >= 11 is 1.57. The molecule has 0 bridgehead atoms. The first kappa shape index (κ1) is 15.3. The number of benzene rings is 2. The maximum absolute atomic E-state index is 12.1. The van der Waals surface area contributed by atoms with E-state index in [0.29, 0.717) is 11.7 Å². The Morgan fingerprint density at radius 3 is 2.84 bits per heavy atom. The number of hydrogen-bond donors (Lipinski definition) is 2. The molecule has 0 saturated heterocycles. The molecule has 1 amide bonds. The van der Waals surface area contributed by atoms with Crippen LogP contribution in [-0.2, 0) is 4.79 Å². The topological polar surface area (TPSA) is 75.6 Å². The van der Waals surface area contributed by atoms with Crippen molar-refractivity contribution < 1.29 is 9.53 Å². The number of nitrogens with zero attached hydrogens (tertiary/aromatic N) is 2. The lowest BCUT2D eigenvalue weighted by molar-refractivity contribution is -0.115. The predicted octanol–water partition coefficient (Wildman–Crippen LogP) is 3.24. The molecule has 1 aliphatic rings. The molecule has 124 valence electrons. The molecular formula is C18H14N4O2S. The first-order valence-electron chi connectivity index (χ1n) is 7.57. The number of hydrogen-bond acceptors (Lipinski definition) is 6. The second kappa shape index (κ2) is 6.37. The highest BCUT2D eigenvalue weighted by Gasteiger charge is 2.20. The molecule has 0 radical (unpaired) electrons. The van der Waals surface area contributed by atoms with Crippen molar-refractivity contribution in [1.82, 2.24) is 10.3 Å². The van der Waals surface area contributed by atoms with E-state index in [-0.39, 0.29) is 5.91 Å². The number of ether oxygens (including phenoxy) is 1. The minimum absolute atomic E-state index is 0.236. The fraction of sp³-hybridized carbons (Fsp3) is 0.0556. The van der Waals surface area contributed by atoms with Gasteiger partial charge in [0.1, 0.15) is 11.4 Å². The number of carbonyl (C=O) groups is 1. The van der Waals surface area contributed by atoms with Crippen LogP contribution in [0.4, 0.5) is 5.69 Å². The summed E-state index contributed by atoms with van der Waals surface area (Å²) in [6, 6.07) is 13.2. The number of carbonyl (C=O) groups excluding carboxylic acids is 1. The zero-order valence-electron chi connectivity index (χ0n) is 13.3. The van der Waals surface area contributed by atoms with E-state index in [9.17, 15) is 4.79 Å². The summed E-state index contributed by atoms with van der Waals surface area (Å²) in [6.45, 7) is 0. The van der Waals surface area contributed by atoms with Gasteiger partial charge in [0.25, 0.3) is 5.91 Å². The van der Waals surface area contributed by atoms with Gasteiger partial charge in [-0.25, -0.2) is 9.98 Å². The monoisotopic (exact) mass is 350 g/mol. The van der Waals surface area contributed by atoms with Crippen LogP contribution < -0.4 is 15.4 Å². The maximum Gasteiger partial charge on any atom is 0.276 e. The molecule has 25 heavy (non-hydrogen) atoms. The molecule has 3 aromatic rings. The van der Waals surface area contributed by atoms with Gasteiger partial charge in [0, 0.05) is 5.69 Å². The summed E-state index contributed by atoms with van der Waals surface area (Å²) in [4.78, 5) is 20.7. The molecule has 6 nitrogen and oxygen atoms in total. The number of aliphatic imine (C=N–C) groups is 1. The van der Waals surface area contributed by atoms with Gasteiger partial charge in [-0.3, -0.25) is 10.1 Å². The summed E-state index contributed by atoms with van der Waals surface area (Å²) in [5.74, 6) is 0.933. The highest BCUT2D eigenvalue weighted by Crippen LogP contribution is 2.22. The number of guanidine groups is 1. The van der Waals surface area contributed by atoms with E-state index in [4.69, 9.17) is 4.74 Å². The van der Waals surface area contributed by atoms with Crippen molar-refractivity contribution in [3.8, 4) is 5.75 Å². The third kappa shape index (κ3) is 3.22. The van der Waals surface area contributed by atoms with E-state index in [1.165, 1.54) is 0 Å². The smallest absolute Gasteiger partial charge is 0.276 e. The molecule has 4 rings (SSSR count). The molecule has 7 heteroatoms. The fourth-order valence-corrected chi connectivity index (χ4v) is 3.18. The lowest BCUT2D eigenvalue weighted by Gasteiger charge is -2.06. The van der Waals surface area contributed by atoms with E-state index < -0.39 is 0 Å². The molecule has 0 aliphatic carbocycles. The van der Waals surface area contributed by atoms with Gasteiger partial charge >= 0.3 is 0 Å². The summed E-state index contributed by atoms with van der Waals surface area (Å²) < 4.78 is 6.20. The molecule has 0 spiro atoms. The van der Waals surface area contributed by atoms with Gasteiger partial charge in [0.15, 0.2) is 0 Å². The van der Waals surface area contributed by atoms with Crippen molar-refractivity contribution in [2.75, 3.05) is 12.4 Å². The van der Waals surface area contributed by atoms with Crippen molar-refractivity contribution in [2.24, 2.45) is 4.99 Å². The summed E-state index contributed by atoms with van der Waals surface area (Å²) in [7, 11) is 1.62. The van der Waals surface area contributed by atoms with Crippen LogP contribution in [0, 0.1) is 0 Å². The van der Waals surface area contributed by atoms with Crippen molar-refractivity contribution in [2.45, 2.75) is 0 Å². The largest absolute Gasteiger partial charge is 0.497 e. The van der Waals surface area contributed by atoms with Crippen LogP contribution in [0.5, 0.6) is 5.75 Å². The first-order chi connectivity index (χ1) is 12.2. The average Bonchev–Trinajstić information content (AvgIpc) is 3.22. The zero-order valence-corrected chi connectivity index (χ0v) is 14.1. The van der Waals surface area contributed by atoms with Crippen molar-refractivity contribution >= 4 is 45.2 Å². The Balaban J connectivity index is 1.56. The van der Waals surface area contributed by atoms with E-state index in [1.807, 2.05) is 42.5 Å². The third-order valence-electron chi connectivity index (χ3n) is 3.71. The quantitative estimate of drug-likeness (QED) is 0.711. The molecule has 0 saturated carbocycles. The van der Waals surface area contributed by atoms with Gasteiger partial charge in [-0.15, -0.1) is 11.3 Å². The molecule has 2 N–H and O–H groups in total. The predicted molar refractivity (Wildman–Crippen MR) is 99.8 cm³/mol. The van der Waals surface area contributed by atoms with Crippen LogP contribution in [0.15, 0.2) is 58.7 Å². The van der Waals surface area contributed by atoms with E-state index in [1.54, 1.807) is 30.0 Å². The Morgan fingerprint density at radius 1 is 1.20 bits per heavy atom. The Labute approximate surface area is 147 Å². The number of thiazole rings is 1.